The summed E-state index contributed by atoms with van der Waals surface area (Å²) < 4.78 is 11.8. The Kier molecular flexibility index (Phi) is 8.65. The van der Waals surface area contributed by atoms with E-state index in [1.54, 1.807) is 7.11 Å². The minimum Gasteiger partial charge on any atom is -0.493 e. The van der Waals surface area contributed by atoms with Crippen LogP contribution in [-0.4, -0.2) is 61.3 Å². The van der Waals surface area contributed by atoms with Gasteiger partial charge in [0.05, 0.1) is 30.4 Å². The third kappa shape index (κ3) is 4.99. The van der Waals surface area contributed by atoms with Crippen LogP contribution in [0.3, 0.4) is 0 Å². The Morgan fingerprint density at radius 2 is 1.94 bits per heavy atom. The summed E-state index contributed by atoms with van der Waals surface area (Å²) in [5.41, 5.74) is 4.54. The maximum Gasteiger partial charge on any atom is 0.163 e. The van der Waals surface area contributed by atoms with Crippen LogP contribution in [0, 0.1) is 0 Å². The van der Waals surface area contributed by atoms with Crippen molar-refractivity contribution in [2.45, 2.75) is 25.7 Å². The lowest BCUT2D eigenvalue weighted by Gasteiger charge is -2.16. The van der Waals surface area contributed by atoms with Gasteiger partial charge in [-0.15, -0.1) is 24.8 Å². The SMILES string of the molecule is COc1cc2c(cc1OCCCN1CCCC1)[nH]c1ccnc(C3=CCNCC3)c12.Cl.Cl. The Balaban J connectivity index is 0.00000144. The number of nitrogens with zero attached hydrogens (tertiary/aromatic N) is 2. The quantitative estimate of drug-likeness (QED) is 0.477. The minimum absolute atomic E-state index is 0. The lowest BCUT2D eigenvalue weighted by molar-refractivity contribution is 0.254. The highest BCUT2D eigenvalue weighted by Crippen LogP contribution is 2.38. The van der Waals surface area contributed by atoms with E-state index in [9.17, 15) is 0 Å². The first-order valence-corrected chi connectivity index (χ1v) is 11.1. The Labute approximate surface area is 201 Å². The van der Waals surface area contributed by atoms with Crippen molar-refractivity contribution in [1.82, 2.24) is 20.2 Å². The minimum atomic E-state index is 0. The van der Waals surface area contributed by atoms with Gasteiger partial charge in [0.25, 0.3) is 0 Å². The van der Waals surface area contributed by atoms with Gasteiger partial charge in [-0.1, -0.05) is 6.08 Å². The van der Waals surface area contributed by atoms with E-state index in [0.29, 0.717) is 6.61 Å². The van der Waals surface area contributed by atoms with Crippen LogP contribution < -0.4 is 14.8 Å². The van der Waals surface area contributed by atoms with Crippen molar-refractivity contribution < 1.29 is 9.47 Å². The molecule has 2 aliphatic rings. The van der Waals surface area contributed by atoms with E-state index in [0.717, 1.165) is 66.1 Å². The van der Waals surface area contributed by atoms with Gasteiger partial charge in [-0.05, 0) is 63.0 Å². The molecule has 2 N–H and O–H groups in total. The number of aromatic amines is 1. The molecule has 2 aliphatic heterocycles. The summed E-state index contributed by atoms with van der Waals surface area (Å²) in [4.78, 5) is 10.8. The van der Waals surface area contributed by atoms with Gasteiger partial charge in [-0.2, -0.15) is 0 Å². The van der Waals surface area contributed by atoms with E-state index in [-0.39, 0.29) is 24.8 Å². The van der Waals surface area contributed by atoms with E-state index in [4.69, 9.17) is 14.5 Å². The number of H-pyrrole nitrogens is 1. The van der Waals surface area contributed by atoms with Gasteiger partial charge in [0.15, 0.2) is 11.5 Å². The molecule has 6 nitrogen and oxygen atoms in total. The highest BCUT2D eigenvalue weighted by Gasteiger charge is 2.18. The van der Waals surface area contributed by atoms with Crippen LogP contribution in [0.15, 0.2) is 30.5 Å². The van der Waals surface area contributed by atoms with Crippen LogP contribution in [0.4, 0.5) is 0 Å². The molecule has 32 heavy (non-hydrogen) atoms. The van der Waals surface area contributed by atoms with Crippen LogP contribution >= 0.6 is 24.8 Å². The van der Waals surface area contributed by atoms with Gasteiger partial charge in [-0.25, -0.2) is 0 Å². The zero-order chi connectivity index (χ0) is 20.3. The number of fused-ring (bicyclic) bond motifs is 3. The lowest BCUT2D eigenvalue weighted by Crippen LogP contribution is -2.21. The first kappa shape index (κ1) is 24.6. The molecule has 0 amide bonds. The number of ether oxygens (including phenoxy) is 2. The number of pyridine rings is 1. The zero-order valence-corrected chi connectivity index (χ0v) is 20.1. The number of halogens is 2. The van der Waals surface area contributed by atoms with E-state index in [1.165, 1.54) is 36.9 Å². The van der Waals surface area contributed by atoms with Gasteiger partial charge in [0.1, 0.15) is 0 Å². The molecular weight excluding hydrogens is 447 g/mol. The van der Waals surface area contributed by atoms with Crippen molar-refractivity contribution in [3.8, 4) is 11.5 Å². The van der Waals surface area contributed by atoms with Gasteiger partial charge in [-0.3, -0.25) is 4.98 Å². The normalized spacial score (nSPS) is 16.5. The molecule has 5 rings (SSSR count). The second-order valence-electron chi connectivity index (χ2n) is 8.19. The number of hydrogen-bond acceptors (Lipinski definition) is 5. The van der Waals surface area contributed by atoms with Crippen molar-refractivity contribution >= 4 is 52.2 Å². The molecule has 1 saturated heterocycles. The second-order valence-corrected chi connectivity index (χ2v) is 8.19. The van der Waals surface area contributed by atoms with Gasteiger partial charge >= 0.3 is 0 Å². The number of nitrogens with one attached hydrogen (secondary N) is 2. The van der Waals surface area contributed by atoms with Gasteiger partial charge < -0.3 is 24.7 Å². The Morgan fingerprint density at radius 3 is 2.69 bits per heavy atom. The van der Waals surface area contributed by atoms with Crippen molar-refractivity contribution in [3.63, 3.8) is 0 Å². The van der Waals surface area contributed by atoms with E-state index in [2.05, 4.69) is 33.4 Å². The topological polar surface area (TPSA) is 62.4 Å². The Bertz CT molecular complexity index is 1080. The monoisotopic (exact) mass is 478 g/mol. The van der Waals surface area contributed by atoms with Crippen molar-refractivity contribution in [3.05, 3.63) is 36.2 Å². The molecule has 1 aromatic carbocycles. The second kappa shape index (κ2) is 11.2. The molecule has 8 heteroatoms. The first-order chi connectivity index (χ1) is 14.8. The maximum atomic E-state index is 6.13. The van der Waals surface area contributed by atoms with Gasteiger partial charge in [0, 0.05) is 36.1 Å². The maximum absolute atomic E-state index is 6.13. The fourth-order valence-corrected chi connectivity index (χ4v) is 4.68. The number of hydrogen-bond donors (Lipinski definition) is 2. The standard InChI is InChI=1S/C24H30N4O2.2ClH/c1-29-21-15-18-20(16-22(21)30-14-4-13-28-11-2-3-12-28)27-19-7-10-26-24(23(18)19)17-5-8-25-9-6-17;;/h5,7,10,15-16,25,27H,2-4,6,8-9,11-14H2,1H3;2*1H. The summed E-state index contributed by atoms with van der Waals surface area (Å²) in [6.45, 7) is 6.15. The highest BCUT2D eigenvalue weighted by atomic mass is 35.5. The number of aromatic nitrogens is 2. The molecule has 0 aliphatic carbocycles. The predicted molar refractivity (Wildman–Crippen MR) is 136 cm³/mol. The highest BCUT2D eigenvalue weighted by molar-refractivity contribution is 6.12. The van der Waals surface area contributed by atoms with Crippen LogP contribution in [0.1, 0.15) is 31.4 Å². The molecule has 1 fully saturated rings. The Morgan fingerprint density at radius 1 is 1.09 bits per heavy atom. The molecule has 0 atom stereocenters. The third-order valence-electron chi connectivity index (χ3n) is 6.24. The number of rotatable bonds is 7. The smallest absolute Gasteiger partial charge is 0.163 e. The summed E-state index contributed by atoms with van der Waals surface area (Å²) in [5, 5.41) is 5.68. The fraction of sp³-hybridized carbons (Fsp3) is 0.458. The number of methoxy groups -OCH3 is 1. The number of benzene rings is 1. The van der Waals surface area contributed by atoms with Crippen molar-refractivity contribution in [2.24, 2.45) is 0 Å². The van der Waals surface area contributed by atoms with Crippen LogP contribution in [-0.2, 0) is 0 Å². The Hall–Kier alpha value is -1.99. The van der Waals surface area contributed by atoms with Crippen molar-refractivity contribution in [1.29, 1.82) is 0 Å². The fourth-order valence-electron chi connectivity index (χ4n) is 4.68. The van der Waals surface area contributed by atoms with Crippen LogP contribution in [0.25, 0.3) is 27.4 Å². The average molecular weight is 479 g/mol. The van der Waals surface area contributed by atoms with Crippen LogP contribution in [0.5, 0.6) is 11.5 Å². The molecule has 0 bridgehead atoms. The molecule has 0 unspecified atom stereocenters. The predicted octanol–water partition coefficient (Wildman–Crippen LogP) is 4.81. The largest absolute Gasteiger partial charge is 0.493 e. The number of likely N-dealkylation sites (tertiary alicyclic amines) is 1. The molecule has 174 valence electrons. The molecule has 3 aromatic rings. The summed E-state index contributed by atoms with van der Waals surface area (Å²) in [6, 6.07) is 6.21. The van der Waals surface area contributed by atoms with E-state index >= 15 is 0 Å². The van der Waals surface area contributed by atoms with E-state index in [1.807, 2.05) is 12.3 Å². The third-order valence-corrected chi connectivity index (χ3v) is 6.24. The molecular formula is C24H32Cl2N4O2. The zero-order valence-electron chi connectivity index (χ0n) is 18.5. The van der Waals surface area contributed by atoms with Crippen molar-refractivity contribution in [2.75, 3.05) is 46.4 Å². The molecule has 0 spiro atoms. The lowest BCUT2D eigenvalue weighted by atomic mass is 10.0. The molecule has 0 radical (unpaired) electrons. The molecule has 2 aromatic heterocycles. The summed E-state index contributed by atoms with van der Waals surface area (Å²) in [6.07, 6.45) is 8.83. The summed E-state index contributed by atoms with van der Waals surface area (Å²) >= 11 is 0. The molecule has 4 heterocycles. The first-order valence-electron chi connectivity index (χ1n) is 11.1. The molecule has 0 saturated carbocycles. The summed E-state index contributed by atoms with van der Waals surface area (Å²) in [7, 11) is 1.71. The average Bonchev–Trinajstić information content (AvgIpc) is 3.43. The summed E-state index contributed by atoms with van der Waals surface area (Å²) in [5.74, 6) is 1.58. The van der Waals surface area contributed by atoms with E-state index < -0.39 is 0 Å². The van der Waals surface area contributed by atoms with Gasteiger partial charge in [0.2, 0.25) is 0 Å². The van der Waals surface area contributed by atoms with Crippen LogP contribution in [0.2, 0.25) is 0 Å².